The summed E-state index contributed by atoms with van der Waals surface area (Å²) >= 11 is 6.04. The summed E-state index contributed by atoms with van der Waals surface area (Å²) in [5, 5.41) is 3.56. The number of anilines is 1. The lowest BCUT2D eigenvalue weighted by atomic mass is 9.99. The van der Waals surface area contributed by atoms with Crippen LogP contribution >= 0.6 is 11.6 Å². The Kier molecular flexibility index (Phi) is 5.47. The monoisotopic (exact) mass is 390 g/mol. The standard InChI is InChI=1S/C24H23ClN2O/c1-17-6-11-22(25)14-23(17)26-24(28)20-9-7-18(8-10-20)15-27-13-12-19-4-2-3-5-21(19)16-27/h2-11,14H,12-13,15-16H2,1H3,(H,26,28). The molecule has 1 heterocycles. The lowest BCUT2D eigenvalue weighted by Crippen LogP contribution is -2.29. The van der Waals surface area contributed by atoms with Crippen LogP contribution in [0.1, 0.15) is 32.6 Å². The second kappa shape index (κ2) is 8.17. The van der Waals surface area contributed by atoms with Crippen molar-refractivity contribution in [3.8, 4) is 0 Å². The van der Waals surface area contributed by atoms with Crippen molar-refractivity contribution < 1.29 is 4.79 Å². The van der Waals surface area contributed by atoms with Crippen LogP contribution in [-0.4, -0.2) is 17.4 Å². The number of nitrogens with zero attached hydrogens (tertiary/aromatic N) is 1. The van der Waals surface area contributed by atoms with Crippen LogP contribution in [0.4, 0.5) is 5.69 Å². The van der Waals surface area contributed by atoms with Crippen LogP contribution in [0.5, 0.6) is 0 Å². The minimum atomic E-state index is -0.121. The van der Waals surface area contributed by atoms with E-state index >= 15 is 0 Å². The zero-order chi connectivity index (χ0) is 19.5. The summed E-state index contributed by atoms with van der Waals surface area (Å²) in [4.78, 5) is 15.0. The normalized spacial score (nSPS) is 13.8. The maximum Gasteiger partial charge on any atom is 0.255 e. The molecule has 0 aliphatic carbocycles. The van der Waals surface area contributed by atoms with Gasteiger partial charge < -0.3 is 5.32 Å². The molecular weight excluding hydrogens is 368 g/mol. The number of benzene rings is 3. The Balaban J connectivity index is 1.40. The molecule has 0 saturated carbocycles. The van der Waals surface area contributed by atoms with Crippen molar-refractivity contribution in [2.24, 2.45) is 0 Å². The molecule has 3 nitrogen and oxygen atoms in total. The summed E-state index contributed by atoms with van der Waals surface area (Å²) in [7, 11) is 0. The molecule has 28 heavy (non-hydrogen) atoms. The molecule has 0 radical (unpaired) electrons. The summed E-state index contributed by atoms with van der Waals surface area (Å²) < 4.78 is 0. The third kappa shape index (κ3) is 4.27. The lowest BCUT2D eigenvalue weighted by molar-refractivity contribution is 0.102. The molecule has 4 heteroatoms. The maximum absolute atomic E-state index is 12.6. The molecular formula is C24H23ClN2O. The van der Waals surface area contributed by atoms with Crippen LogP contribution < -0.4 is 5.32 Å². The first-order valence-corrected chi connectivity index (χ1v) is 9.92. The van der Waals surface area contributed by atoms with Gasteiger partial charge in [0.15, 0.2) is 0 Å². The highest BCUT2D eigenvalue weighted by Crippen LogP contribution is 2.22. The maximum atomic E-state index is 12.6. The van der Waals surface area contributed by atoms with E-state index in [9.17, 15) is 4.79 Å². The van der Waals surface area contributed by atoms with E-state index in [0.717, 1.165) is 37.3 Å². The molecule has 3 aromatic carbocycles. The van der Waals surface area contributed by atoms with E-state index < -0.39 is 0 Å². The summed E-state index contributed by atoms with van der Waals surface area (Å²) in [5.41, 5.74) is 6.47. The van der Waals surface area contributed by atoms with Gasteiger partial charge in [0.25, 0.3) is 5.91 Å². The molecule has 1 N–H and O–H groups in total. The van der Waals surface area contributed by atoms with Gasteiger partial charge in [0, 0.05) is 35.9 Å². The quantitative estimate of drug-likeness (QED) is 0.641. The largest absolute Gasteiger partial charge is 0.322 e. The van der Waals surface area contributed by atoms with Gasteiger partial charge in [-0.3, -0.25) is 9.69 Å². The molecule has 1 aliphatic heterocycles. The molecule has 4 rings (SSSR count). The predicted octanol–water partition coefficient (Wildman–Crippen LogP) is 5.46. The third-order valence-corrected chi connectivity index (χ3v) is 5.51. The van der Waals surface area contributed by atoms with Crippen molar-refractivity contribution in [3.63, 3.8) is 0 Å². The molecule has 0 saturated heterocycles. The van der Waals surface area contributed by atoms with Crippen molar-refractivity contribution in [1.82, 2.24) is 4.90 Å². The van der Waals surface area contributed by atoms with E-state index in [-0.39, 0.29) is 5.91 Å². The summed E-state index contributed by atoms with van der Waals surface area (Å²) in [6.07, 6.45) is 1.09. The van der Waals surface area contributed by atoms with Gasteiger partial charge in [0.05, 0.1) is 0 Å². The van der Waals surface area contributed by atoms with E-state index in [1.807, 2.05) is 43.3 Å². The minimum absolute atomic E-state index is 0.121. The molecule has 3 aromatic rings. The first kappa shape index (κ1) is 18.7. The zero-order valence-electron chi connectivity index (χ0n) is 15.9. The van der Waals surface area contributed by atoms with E-state index in [2.05, 4.69) is 34.5 Å². The molecule has 0 atom stereocenters. The van der Waals surface area contributed by atoms with Gasteiger partial charge in [-0.15, -0.1) is 0 Å². The predicted molar refractivity (Wildman–Crippen MR) is 115 cm³/mol. The molecule has 1 amide bonds. The van der Waals surface area contributed by atoms with E-state index in [1.165, 1.54) is 16.7 Å². The molecule has 142 valence electrons. The summed E-state index contributed by atoms with van der Waals surface area (Å²) in [6, 6.07) is 22.0. The number of carbonyl (C=O) groups excluding carboxylic acids is 1. The second-order valence-electron chi connectivity index (χ2n) is 7.34. The van der Waals surface area contributed by atoms with Gasteiger partial charge in [0.2, 0.25) is 0 Å². The van der Waals surface area contributed by atoms with Crippen LogP contribution in [0.3, 0.4) is 0 Å². The minimum Gasteiger partial charge on any atom is -0.322 e. The number of hydrogen-bond donors (Lipinski definition) is 1. The average Bonchev–Trinajstić information content (AvgIpc) is 2.71. The Morgan fingerprint density at radius 1 is 1.04 bits per heavy atom. The van der Waals surface area contributed by atoms with Crippen LogP contribution in [-0.2, 0) is 19.5 Å². The van der Waals surface area contributed by atoms with Crippen LogP contribution in [0.2, 0.25) is 5.02 Å². The number of carbonyl (C=O) groups is 1. The molecule has 1 aliphatic rings. The van der Waals surface area contributed by atoms with Gasteiger partial charge in [-0.05, 0) is 59.9 Å². The van der Waals surface area contributed by atoms with Crippen molar-refractivity contribution in [2.45, 2.75) is 26.4 Å². The Hall–Kier alpha value is -2.62. The number of aryl methyl sites for hydroxylation is 1. The molecule has 0 fully saturated rings. The summed E-state index contributed by atoms with van der Waals surface area (Å²) in [5.74, 6) is -0.121. The first-order chi connectivity index (χ1) is 13.6. The highest BCUT2D eigenvalue weighted by atomic mass is 35.5. The van der Waals surface area contributed by atoms with Gasteiger partial charge in [0.1, 0.15) is 0 Å². The fourth-order valence-electron chi connectivity index (χ4n) is 3.63. The van der Waals surface area contributed by atoms with Crippen molar-refractivity contribution in [3.05, 3.63) is 99.6 Å². The number of amides is 1. The van der Waals surface area contributed by atoms with Gasteiger partial charge in [-0.2, -0.15) is 0 Å². The first-order valence-electron chi connectivity index (χ1n) is 9.54. The van der Waals surface area contributed by atoms with Crippen molar-refractivity contribution in [2.75, 3.05) is 11.9 Å². The zero-order valence-corrected chi connectivity index (χ0v) is 16.7. The number of rotatable bonds is 4. The highest BCUT2D eigenvalue weighted by Gasteiger charge is 2.16. The fraction of sp³-hybridized carbons (Fsp3) is 0.208. The number of hydrogen-bond acceptors (Lipinski definition) is 2. The van der Waals surface area contributed by atoms with Crippen molar-refractivity contribution in [1.29, 1.82) is 0 Å². The van der Waals surface area contributed by atoms with Gasteiger partial charge >= 0.3 is 0 Å². The Bertz CT molecular complexity index is 998. The fourth-order valence-corrected chi connectivity index (χ4v) is 3.80. The average molecular weight is 391 g/mol. The summed E-state index contributed by atoms with van der Waals surface area (Å²) in [6.45, 7) is 4.88. The van der Waals surface area contributed by atoms with Gasteiger partial charge in [-0.25, -0.2) is 0 Å². The second-order valence-corrected chi connectivity index (χ2v) is 7.78. The Labute approximate surface area is 171 Å². The number of nitrogens with one attached hydrogen (secondary N) is 1. The Morgan fingerprint density at radius 2 is 1.79 bits per heavy atom. The Morgan fingerprint density at radius 3 is 2.57 bits per heavy atom. The van der Waals surface area contributed by atoms with E-state index in [0.29, 0.717) is 10.6 Å². The topological polar surface area (TPSA) is 32.3 Å². The van der Waals surface area contributed by atoms with Crippen LogP contribution in [0.15, 0.2) is 66.7 Å². The number of fused-ring (bicyclic) bond motifs is 1. The highest BCUT2D eigenvalue weighted by molar-refractivity contribution is 6.31. The van der Waals surface area contributed by atoms with Crippen LogP contribution in [0.25, 0.3) is 0 Å². The molecule has 0 bridgehead atoms. The molecule has 0 unspecified atom stereocenters. The van der Waals surface area contributed by atoms with Crippen molar-refractivity contribution >= 4 is 23.2 Å². The SMILES string of the molecule is Cc1ccc(Cl)cc1NC(=O)c1ccc(CN2CCc3ccccc3C2)cc1. The number of halogens is 1. The lowest BCUT2D eigenvalue weighted by Gasteiger charge is -2.28. The van der Waals surface area contributed by atoms with E-state index in [4.69, 9.17) is 11.6 Å². The molecule has 0 spiro atoms. The third-order valence-electron chi connectivity index (χ3n) is 5.28. The molecule has 0 aromatic heterocycles. The smallest absolute Gasteiger partial charge is 0.255 e. The van der Waals surface area contributed by atoms with Gasteiger partial charge in [-0.1, -0.05) is 54.1 Å². The van der Waals surface area contributed by atoms with E-state index in [1.54, 1.807) is 6.07 Å². The van der Waals surface area contributed by atoms with Crippen LogP contribution in [0, 0.1) is 6.92 Å².